The van der Waals surface area contributed by atoms with Crippen LogP contribution >= 0.6 is 0 Å². The summed E-state index contributed by atoms with van der Waals surface area (Å²) in [5.41, 5.74) is 0. The minimum absolute atomic E-state index is 0.608. The van der Waals surface area contributed by atoms with Crippen LogP contribution < -0.4 is 5.32 Å². The van der Waals surface area contributed by atoms with Crippen LogP contribution in [0.2, 0.25) is 0 Å². The van der Waals surface area contributed by atoms with Gasteiger partial charge in [0, 0.05) is 31.7 Å². The summed E-state index contributed by atoms with van der Waals surface area (Å²) in [4.78, 5) is 2.70. The highest BCUT2D eigenvalue weighted by Gasteiger charge is 2.30. The summed E-state index contributed by atoms with van der Waals surface area (Å²) in [5, 5.41) is 3.60. The predicted octanol–water partition coefficient (Wildman–Crippen LogP) is 2.74. The largest absolute Gasteiger partial charge is 0.313 e. The summed E-state index contributed by atoms with van der Waals surface area (Å²) in [6, 6.07) is 1.36. The topological polar surface area (TPSA) is 15.3 Å². The second-order valence-corrected chi connectivity index (χ2v) is 5.91. The fourth-order valence-electron chi connectivity index (χ4n) is 2.59. The van der Waals surface area contributed by atoms with Crippen molar-refractivity contribution in [3.8, 4) is 0 Å². The van der Waals surface area contributed by atoms with Gasteiger partial charge in [-0.3, -0.25) is 4.90 Å². The third-order valence-corrected chi connectivity index (χ3v) is 3.92. The standard InChI is InChI=1S/C14H30N2/c1-6-7-14(8-15-11(2)3)16-9-12(4)13(5)10-16/h11-15H,6-10H2,1-5H3. The lowest BCUT2D eigenvalue weighted by Gasteiger charge is -2.29. The molecular formula is C14H30N2. The number of hydrogen-bond donors (Lipinski definition) is 1. The van der Waals surface area contributed by atoms with Crippen molar-refractivity contribution in [2.75, 3.05) is 19.6 Å². The molecule has 1 rings (SSSR count). The molecule has 0 bridgehead atoms. The van der Waals surface area contributed by atoms with Crippen LogP contribution in [0.5, 0.6) is 0 Å². The van der Waals surface area contributed by atoms with Crippen molar-refractivity contribution in [3.05, 3.63) is 0 Å². The van der Waals surface area contributed by atoms with Gasteiger partial charge in [-0.1, -0.05) is 41.0 Å². The second-order valence-electron chi connectivity index (χ2n) is 5.91. The smallest absolute Gasteiger partial charge is 0.0220 e. The molecule has 16 heavy (non-hydrogen) atoms. The first-order valence-corrected chi connectivity index (χ1v) is 7.02. The first kappa shape index (κ1) is 14.0. The van der Waals surface area contributed by atoms with E-state index >= 15 is 0 Å². The zero-order chi connectivity index (χ0) is 12.1. The van der Waals surface area contributed by atoms with E-state index < -0.39 is 0 Å². The van der Waals surface area contributed by atoms with Gasteiger partial charge in [0.25, 0.3) is 0 Å². The molecule has 3 atom stereocenters. The molecule has 96 valence electrons. The van der Waals surface area contributed by atoms with Crippen molar-refractivity contribution in [1.82, 2.24) is 10.2 Å². The summed E-state index contributed by atoms with van der Waals surface area (Å²) in [5.74, 6) is 1.75. The lowest BCUT2D eigenvalue weighted by Crippen LogP contribution is -2.43. The number of likely N-dealkylation sites (tertiary alicyclic amines) is 1. The molecule has 3 unspecified atom stereocenters. The van der Waals surface area contributed by atoms with Crippen LogP contribution in [-0.2, 0) is 0 Å². The Morgan fingerprint density at radius 2 is 1.75 bits per heavy atom. The molecule has 0 aromatic rings. The molecule has 0 saturated carbocycles. The Kier molecular flexibility index (Phi) is 5.77. The maximum Gasteiger partial charge on any atom is 0.0220 e. The van der Waals surface area contributed by atoms with Gasteiger partial charge in [0.05, 0.1) is 0 Å². The van der Waals surface area contributed by atoms with Crippen LogP contribution in [0.25, 0.3) is 0 Å². The normalized spacial score (nSPS) is 28.9. The summed E-state index contributed by atoms with van der Waals surface area (Å²) in [6.07, 6.45) is 2.63. The molecule has 0 amide bonds. The van der Waals surface area contributed by atoms with Gasteiger partial charge in [-0.25, -0.2) is 0 Å². The maximum absolute atomic E-state index is 3.60. The lowest BCUT2D eigenvalue weighted by molar-refractivity contribution is 0.210. The van der Waals surface area contributed by atoms with Crippen molar-refractivity contribution >= 4 is 0 Å². The molecule has 1 fully saturated rings. The van der Waals surface area contributed by atoms with Crippen LogP contribution in [0.4, 0.5) is 0 Å². The molecule has 0 aromatic heterocycles. The van der Waals surface area contributed by atoms with E-state index in [1.165, 1.54) is 25.9 Å². The van der Waals surface area contributed by atoms with Gasteiger partial charge in [0.1, 0.15) is 0 Å². The Labute approximate surface area is 102 Å². The van der Waals surface area contributed by atoms with Crippen LogP contribution in [0, 0.1) is 11.8 Å². The fraction of sp³-hybridized carbons (Fsp3) is 1.00. The van der Waals surface area contributed by atoms with Crippen molar-refractivity contribution in [2.45, 2.75) is 59.5 Å². The maximum atomic E-state index is 3.60. The summed E-state index contributed by atoms with van der Waals surface area (Å²) < 4.78 is 0. The van der Waals surface area contributed by atoms with E-state index in [2.05, 4.69) is 44.8 Å². The molecule has 0 spiro atoms. The monoisotopic (exact) mass is 226 g/mol. The predicted molar refractivity (Wildman–Crippen MR) is 71.7 cm³/mol. The van der Waals surface area contributed by atoms with Crippen LogP contribution in [-0.4, -0.2) is 36.6 Å². The molecule has 0 aromatic carbocycles. The highest BCUT2D eigenvalue weighted by molar-refractivity contribution is 4.84. The number of nitrogens with one attached hydrogen (secondary N) is 1. The first-order valence-electron chi connectivity index (χ1n) is 7.02. The Hall–Kier alpha value is -0.0800. The summed E-state index contributed by atoms with van der Waals surface area (Å²) >= 11 is 0. The molecular weight excluding hydrogens is 196 g/mol. The number of hydrogen-bond acceptors (Lipinski definition) is 2. The van der Waals surface area contributed by atoms with E-state index in [-0.39, 0.29) is 0 Å². The zero-order valence-corrected chi connectivity index (χ0v) is 11.8. The average molecular weight is 226 g/mol. The van der Waals surface area contributed by atoms with Gasteiger partial charge in [-0.05, 0) is 18.3 Å². The molecule has 1 heterocycles. The van der Waals surface area contributed by atoms with E-state index in [4.69, 9.17) is 0 Å². The molecule has 2 nitrogen and oxygen atoms in total. The van der Waals surface area contributed by atoms with Crippen LogP contribution in [0.15, 0.2) is 0 Å². The summed E-state index contributed by atoms with van der Waals surface area (Å²) in [6.45, 7) is 15.3. The Morgan fingerprint density at radius 1 is 1.19 bits per heavy atom. The minimum atomic E-state index is 0.608. The number of nitrogens with zero attached hydrogens (tertiary/aromatic N) is 1. The van der Waals surface area contributed by atoms with E-state index in [1.807, 2.05) is 0 Å². The highest BCUT2D eigenvalue weighted by atomic mass is 15.2. The third kappa shape index (κ3) is 4.06. The zero-order valence-electron chi connectivity index (χ0n) is 11.8. The van der Waals surface area contributed by atoms with Crippen LogP contribution in [0.1, 0.15) is 47.5 Å². The Balaban J connectivity index is 2.43. The molecule has 1 N–H and O–H groups in total. The van der Waals surface area contributed by atoms with Crippen molar-refractivity contribution < 1.29 is 0 Å². The van der Waals surface area contributed by atoms with Crippen molar-refractivity contribution in [2.24, 2.45) is 11.8 Å². The molecule has 1 aliphatic heterocycles. The Morgan fingerprint density at radius 3 is 2.19 bits per heavy atom. The first-order chi connectivity index (χ1) is 7.54. The van der Waals surface area contributed by atoms with Crippen molar-refractivity contribution in [3.63, 3.8) is 0 Å². The molecule has 1 aliphatic rings. The van der Waals surface area contributed by atoms with Gasteiger partial charge in [0.2, 0.25) is 0 Å². The van der Waals surface area contributed by atoms with Crippen LogP contribution in [0.3, 0.4) is 0 Å². The third-order valence-electron chi connectivity index (χ3n) is 3.92. The van der Waals surface area contributed by atoms with Crippen molar-refractivity contribution in [1.29, 1.82) is 0 Å². The Bertz CT molecular complexity index is 181. The summed E-state index contributed by atoms with van der Waals surface area (Å²) in [7, 11) is 0. The number of rotatable bonds is 6. The van der Waals surface area contributed by atoms with E-state index in [0.29, 0.717) is 6.04 Å². The molecule has 1 saturated heterocycles. The fourth-order valence-corrected chi connectivity index (χ4v) is 2.59. The average Bonchev–Trinajstić information content (AvgIpc) is 2.53. The van der Waals surface area contributed by atoms with Gasteiger partial charge in [-0.15, -0.1) is 0 Å². The van der Waals surface area contributed by atoms with Gasteiger partial charge in [0.15, 0.2) is 0 Å². The molecule has 0 radical (unpaired) electrons. The van der Waals surface area contributed by atoms with E-state index in [0.717, 1.165) is 24.4 Å². The SMILES string of the molecule is CCCC(CNC(C)C)N1CC(C)C(C)C1. The quantitative estimate of drug-likeness (QED) is 0.749. The van der Waals surface area contributed by atoms with Gasteiger partial charge >= 0.3 is 0 Å². The van der Waals surface area contributed by atoms with Gasteiger partial charge < -0.3 is 5.32 Å². The van der Waals surface area contributed by atoms with Gasteiger partial charge in [-0.2, -0.15) is 0 Å². The van der Waals surface area contributed by atoms with E-state index in [9.17, 15) is 0 Å². The molecule has 0 aliphatic carbocycles. The minimum Gasteiger partial charge on any atom is -0.313 e. The second kappa shape index (κ2) is 6.61. The van der Waals surface area contributed by atoms with E-state index in [1.54, 1.807) is 0 Å². The highest BCUT2D eigenvalue weighted by Crippen LogP contribution is 2.25. The molecule has 2 heteroatoms. The lowest BCUT2D eigenvalue weighted by atomic mass is 10.0.